The van der Waals surface area contributed by atoms with Gasteiger partial charge in [0.2, 0.25) is 0 Å². The molecule has 0 unspecified atom stereocenters. The van der Waals surface area contributed by atoms with Crippen molar-refractivity contribution in [2.45, 2.75) is 5.75 Å². The fourth-order valence-corrected chi connectivity index (χ4v) is 1.84. The predicted molar refractivity (Wildman–Crippen MR) is 55.8 cm³/mol. The molecule has 0 radical (unpaired) electrons. The van der Waals surface area contributed by atoms with Crippen LogP contribution in [0, 0.1) is 0 Å². The van der Waals surface area contributed by atoms with Crippen molar-refractivity contribution < 1.29 is 42.5 Å². The van der Waals surface area contributed by atoms with Crippen LogP contribution in [0.5, 0.6) is 0 Å². The first-order valence-corrected chi connectivity index (χ1v) is 5.95. The van der Waals surface area contributed by atoms with Crippen molar-refractivity contribution >= 4 is 21.0 Å². The SMILES string of the molecule is O=c1[nH]c(CS(=O)(=O)[O-])nc2ccccc12.[Na+]. The van der Waals surface area contributed by atoms with Gasteiger partial charge >= 0.3 is 29.6 Å². The molecule has 8 heteroatoms. The summed E-state index contributed by atoms with van der Waals surface area (Å²) in [5, 5.41) is 0.356. The first kappa shape index (κ1) is 14.3. The molecule has 0 aliphatic carbocycles. The van der Waals surface area contributed by atoms with E-state index in [0.717, 1.165) is 0 Å². The number of aromatic amines is 1. The van der Waals surface area contributed by atoms with E-state index in [4.69, 9.17) is 0 Å². The maximum Gasteiger partial charge on any atom is 1.00 e. The van der Waals surface area contributed by atoms with Crippen molar-refractivity contribution in [2.75, 3.05) is 0 Å². The number of nitrogens with one attached hydrogen (secondary N) is 1. The molecule has 1 heterocycles. The Labute approximate surface area is 119 Å². The molecule has 0 spiro atoms. The van der Waals surface area contributed by atoms with Crippen LogP contribution in [-0.2, 0) is 15.9 Å². The smallest absolute Gasteiger partial charge is 0.748 e. The third kappa shape index (κ3) is 3.62. The van der Waals surface area contributed by atoms with E-state index in [2.05, 4.69) is 9.97 Å². The van der Waals surface area contributed by atoms with Gasteiger partial charge in [0, 0.05) is 0 Å². The number of rotatable bonds is 2. The molecule has 6 nitrogen and oxygen atoms in total. The molecule has 84 valence electrons. The fourth-order valence-electron chi connectivity index (χ4n) is 1.37. The van der Waals surface area contributed by atoms with Crippen molar-refractivity contribution in [1.29, 1.82) is 0 Å². The number of aromatic nitrogens is 2. The Morgan fingerprint density at radius 1 is 1.29 bits per heavy atom. The molecule has 0 aliphatic heterocycles. The Balaban J connectivity index is 0.00000144. The average molecular weight is 262 g/mol. The van der Waals surface area contributed by atoms with Gasteiger partial charge in [-0.2, -0.15) is 0 Å². The van der Waals surface area contributed by atoms with E-state index in [1.165, 1.54) is 0 Å². The molecule has 0 saturated carbocycles. The molecule has 0 atom stereocenters. The van der Waals surface area contributed by atoms with Crippen LogP contribution in [0.4, 0.5) is 0 Å². The minimum absolute atomic E-state index is 0. The molecule has 0 bridgehead atoms. The van der Waals surface area contributed by atoms with Gasteiger partial charge in [0.25, 0.3) is 5.56 Å². The molecule has 0 saturated heterocycles. The minimum Gasteiger partial charge on any atom is -0.748 e. The minimum atomic E-state index is -4.45. The number of nitrogens with zero attached hydrogens (tertiary/aromatic N) is 1. The van der Waals surface area contributed by atoms with Gasteiger partial charge in [0.05, 0.1) is 16.7 Å². The summed E-state index contributed by atoms with van der Waals surface area (Å²) in [5.41, 5.74) is -0.0887. The van der Waals surface area contributed by atoms with Gasteiger partial charge in [-0.15, -0.1) is 0 Å². The van der Waals surface area contributed by atoms with Crippen molar-refractivity contribution in [3.63, 3.8) is 0 Å². The number of para-hydroxylation sites is 1. The van der Waals surface area contributed by atoms with Crippen LogP contribution in [-0.4, -0.2) is 22.9 Å². The maximum absolute atomic E-state index is 11.5. The van der Waals surface area contributed by atoms with E-state index < -0.39 is 21.4 Å². The average Bonchev–Trinajstić information content (AvgIpc) is 2.15. The Morgan fingerprint density at radius 2 is 1.94 bits per heavy atom. The van der Waals surface area contributed by atoms with Crippen LogP contribution >= 0.6 is 0 Å². The quantitative estimate of drug-likeness (QED) is 0.458. The van der Waals surface area contributed by atoms with Crippen LogP contribution in [0.25, 0.3) is 10.9 Å². The Bertz CT molecular complexity index is 695. The summed E-state index contributed by atoms with van der Waals surface area (Å²) in [6.07, 6.45) is 0. The number of hydrogen-bond donors (Lipinski definition) is 1. The van der Waals surface area contributed by atoms with E-state index in [0.29, 0.717) is 10.9 Å². The number of H-pyrrole nitrogens is 1. The summed E-state index contributed by atoms with van der Waals surface area (Å²) >= 11 is 0. The topological polar surface area (TPSA) is 103 Å². The molecular weight excluding hydrogens is 255 g/mol. The molecule has 1 N–H and O–H groups in total. The van der Waals surface area contributed by atoms with E-state index in [1.54, 1.807) is 24.3 Å². The molecular formula is C9H7N2NaO4S. The van der Waals surface area contributed by atoms with Gasteiger partial charge in [-0.3, -0.25) is 4.79 Å². The van der Waals surface area contributed by atoms with Crippen LogP contribution in [0.2, 0.25) is 0 Å². The monoisotopic (exact) mass is 262 g/mol. The summed E-state index contributed by atoms with van der Waals surface area (Å²) in [6.45, 7) is 0. The zero-order valence-corrected chi connectivity index (χ0v) is 11.8. The standard InChI is InChI=1S/C9H8N2O4S.Na/c12-9-6-3-1-2-4-7(6)10-8(11-9)5-16(13,14)15;/h1-4H,5H2,(H,10,11,12)(H,13,14,15);/q;+1/p-1. The van der Waals surface area contributed by atoms with E-state index in [9.17, 15) is 17.8 Å². The van der Waals surface area contributed by atoms with Gasteiger partial charge in [-0.25, -0.2) is 13.4 Å². The molecule has 0 amide bonds. The summed E-state index contributed by atoms with van der Waals surface area (Å²) < 4.78 is 31.6. The summed E-state index contributed by atoms with van der Waals surface area (Å²) in [6, 6.07) is 6.48. The Hall–Kier alpha value is -0.730. The molecule has 0 fully saturated rings. The molecule has 17 heavy (non-hydrogen) atoms. The van der Waals surface area contributed by atoms with Gasteiger partial charge in [-0.1, -0.05) is 12.1 Å². The molecule has 1 aromatic carbocycles. The second kappa shape index (κ2) is 5.28. The zero-order chi connectivity index (χ0) is 11.8. The number of hydrogen-bond acceptors (Lipinski definition) is 5. The van der Waals surface area contributed by atoms with Gasteiger partial charge in [0.1, 0.15) is 15.9 Å². The van der Waals surface area contributed by atoms with Crippen LogP contribution in [0.3, 0.4) is 0 Å². The van der Waals surface area contributed by atoms with Crippen LogP contribution in [0.1, 0.15) is 5.82 Å². The van der Waals surface area contributed by atoms with Crippen LogP contribution in [0.15, 0.2) is 29.1 Å². The van der Waals surface area contributed by atoms with E-state index >= 15 is 0 Å². The number of benzene rings is 1. The third-order valence-electron chi connectivity index (χ3n) is 1.98. The van der Waals surface area contributed by atoms with Gasteiger partial charge in [-0.05, 0) is 12.1 Å². The zero-order valence-electron chi connectivity index (χ0n) is 9.00. The number of fused-ring (bicyclic) bond motifs is 1. The normalized spacial score (nSPS) is 11.1. The Morgan fingerprint density at radius 3 is 2.59 bits per heavy atom. The van der Waals surface area contributed by atoms with Crippen molar-refractivity contribution in [3.8, 4) is 0 Å². The first-order valence-electron chi connectivity index (χ1n) is 4.37. The van der Waals surface area contributed by atoms with Crippen LogP contribution < -0.4 is 35.1 Å². The molecule has 2 rings (SSSR count). The second-order valence-electron chi connectivity index (χ2n) is 3.23. The molecule has 1 aromatic heterocycles. The maximum atomic E-state index is 11.5. The summed E-state index contributed by atoms with van der Waals surface area (Å²) in [5.74, 6) is -0.953. The predicted octanol–water partition coefficient (Wildman–Crippen LogP) is -3.03. The Kier molecular flexibility index (Phi) is 4.45. The fraction of sp³-hybridized carbons (Fsp3) is 0.111. The van der Waals surface area contributed by atoms with E-state index in [1.807, 2.05) is 0 Å². The summed E-state index contributed by atoms with van der Waals surface area (Å²) in [4.78, 5) is 17.6. The molecule has 2 aromatic rings. The van der Waals surface area contributed by atoms with Crippen molar-refractivity contribution in [2.24, 2.45) is 0 Å². The van der Waals surface area contributed by atoms with Crippen molar-refractivity contribution in [3.05, 3.63) is 40.4 Å². The van der Waals surface area contributed by atoms with Crippen molar-refractivity contribution in [1.82, 2.24) is 9.97 Å². The first-order chi connectivity index (χ1) is 7.46. The third-order valence-corrected chi connectivity index (χ3v) is 2.60. The largest absolute Gasteiger partial charge is 1.00 e. The second-order valence-corrected chi connectivity index (χ2v) is 4.64. The summed E-state index contributed by atoms with van der Waals surface area (Å²) in [7, 11) is -4.45. The van der Waals surface area contributed by atoms with E-state index in [-0.39, 0.29) is 35.4 Å². The molecule has 0 aliphatic rings. The van der Waals surface area contributed by atoms with Gasteiger partial charge < -0.3 is 9.54 Å². The van der Waals surface area contributed by atoms with Gasteiger partial charge in [0.15, 0.2) is 0 Å².